The van der Waals surface area contributed by atoms with Crippen LogP contribution in [0.1, 0.15) is 27.2 Å². The summed E-state index contributed by atoms with van der Waals surface area (Å²) in [5.74, 6) is -0.542. The molecule has 3 atom stereocenters. The molecule has 13 heavy (non-hydrogen) atoms. The van der Waals surface area contributed by atoms with E-state index in [0.717, 1.165) is 6.42 Å². The van der Waals surface area contributed by atoms with Gasteiger partial charge in [-0.15, -0.1) is 12.4 Å². The van der Waals surface area contributed by atoms with Gasteiger partial charge in [0.05, 0.1) is 12.2 Å². The summed E-state index contributed by atoms with van der Waals surface area (Å²) < 4.78 is 4.90. The first-order chi connectivity index (χ1) is 5.49. The summed E-state index contributed by atoms with van der Waals surface area (Å²) in [6.45, 7) is 5.15. The molecule has 3 N–H and O–H groups in total. The van der Waals surface area contributed by atoms with Crippen LogP contribution in [0.3, 0.4) is 0 Å². The molecular formula is C8H18ClNO3. The molecule has 0 aromatic rings. The summed E-state index contributed by atoms with van der Waals surface area (Å²) in [6, 6.07) is -0.931. The van der Waals surface area contributed by atoms with E-state index in [4.69, 9.17) is 15.6 Å². The van der Waals surface area contributed by atoms with Gasteiger partial charge in [-0.1, -0.05) is 6.92 Å². The van der Waals surface area contributed by atoms with Gasteiger partial charge in [0.1, 0.15) is 6.04 Å². The number of rotatable bonds is 4. The van der Waals surface area contributed by atoms with Crippen LogP contribution >= 0.6 is 12.4 Å². The molecule has 0 rings (SSSR count). The fourth-order valence-corrected chi connectivity index (χ4v) is 0.557. The SMILES string of the molecule is CC[C@H](C)OC(=O)C(N)C(C)O.Cl. The number of ether oxygens (including phenoxy) is 1. The molecule has 5 heteroatoms. The highest BCUT2D eigenvalue weighted by Crippen LogP contribution is 2.00. The Morgan fingerprint density at radius 3 is 2.31 bits per heavy atom. The largest absolute Gasteiger partial charge is 0.461 e. The molecule has 0 aliphatic rings. The van der Waals surface area contributed by atoms with Crippen molar-refractivity contribution in [1.82, 2.24) is 0 Å². The van der Waals surface area contributed by atoms with Gasteiger partial charge < -0.3 is 15.6 Å². The van der Waals surface area contributed by atoms with E-state index in [9.17, 15) is 4.79 Å². The van der Waals surface area contributed by atoms with Gasteiger partial charge in [0.2, 0.25) is 0 Å². The maximum absolute atomic E-state index is 11.0. The third-order valence-corrected chi connectivity index (χ3v) is 1.68. The maximum atomic E-state index is 11.0. The summed E-state index contributed by atoms with van der Waals surface area (Å²) in [6.07, 6.45) is -0.248. The summed E-state index contributed by atoms with van der Waals surface area (Å²) in [4.78, 5) is 11.0. The van der Waals surface area contributed by atoms with Crippen LogP contribution < -0.4 is 5.73 Å². The zero-order chi connectivity index (χ0) is 9.72. The van der Waals surface area contributed by atoms with Crippen LogP contribution in [0.25, 0.3) is 0 Å². The molecule has 0 aliphatic carbocycles. The highest BCUT2D eigenvalue weighted by Gasteiger charge is 2.21. The zero-order valence-corrected chi connectivity index (χ0v) is 9.00. The molecule has 4 nitrogen and oxygen atoms in total. The van der Waals surface area contributed by atoms with Gasteiger partial charge in [0.15, 0.2) is 0 Å². The number of carbonyl (C=O) groups excluding carboxylic acids is 1. The zero-order valence-electron chi connectivity index (χ0n) is 8.19. The van der Waals surface area contributed by atoms with Gasteiger partial charge in [-0.25, -0.2) is 0 Å². The van der Waals surface area contributed by atoms with Crippen LogP contribution in [0.2, 0.25) is 0 Å². The molecule has 0 aromatic carbocycles. The second-order valence-corrected chi connectivity index (χ2v) is 2.92. The van der Waals surface area contributed by atoms with Crippen molar-refractivity contribution in [3.63, 3.8) is 0 Å². The standard InChI is InChI=1S/C8H17NO3.ClH/c1-4-5(2)12-8(11)7(9)6(3)10;/h5-7,10H,4,9H2,1-3H3;1H/t5-,6?,7?;/m0./s1. The van der Waals surface area contributed by atoms with Crippen molar-refractivity contribution in [2.24, 2.45) is 5.73 Å². The summed E-state index contributed by atoms with van der Waals surface area (Å²) in [5.41, 5.74) is 5.34. The van der Waals surface area contributed by atoms with E-state index in [2.05, 4.69) is 0 Å². The molecule has 0 bridgehead atoms. The minimum atomic E-state index is -0.931. The molecule has 0 saturated carbocycles. The van der Waals surface area contributed by atoms with E-state index in [0.29, 0.717) is 0 Å². The minimum Gasteiger partial charge on any atom is -0.461 e. The Bertz CT molecular complexity index is 152. The normalized spacial score (nSPS) is 16.7. The van der Waals surface area contributed by atoms with Crippen molar-refractivity contribution in [1.29, 1.82) is 0 Å². The van der Waals surface area contributed by atoms with E-state index >= 15 is 0 Å². The van der Waals surface area contributed by atoms with Crippen LogP contribution in [-0.4, -0.2) is 29.3 Å². The predicted molar refractivity (Wildman–Crippen MR) is 52.7 cm³/mol. The van der Waals surface area contributed by atoms with E-state index in [1.54, 1.807) is 6.92 Å². The van der Waals surface area contributed by atoms with Crippen molar-refractivity contribution in [3.05, 3.63) is 0 Å². The number of hydrogen-bond donors (Lipinski definition) is 2. The van der Waals surface area contributed by atoms with Crippen LogP contribution in [0.5, 0.6) is 0 Å². The van der Waals surface area contributed by atoms with E-state index in [1.165, 1.54) is 6.92 Å². The number of hydrogen-bond acceptors (Lipinski definition) is 4. The monoisotopic (exact) mass is 211 g/mol. The lowest BCUT2D eigenvalue weighted by Crippen LogP contribution is -2.42. The molecule has 0 fully saturated rings. The number of aliphatic hydroxyl groups is 1. The first kappa shape index (κ1) is 15.2. The summed E-state index contributed by atoms with van der Waals surface area (Å²) in [5, 5.41) is 8.95. The van der Waals surface area contributed by atoms with Gasteiger partial charge in [-0.3, -0.25) is 4.79 Å². The van der Waals surface area contributed by atoms with Gasteiger partial charge in [-0.05, 0) is 20.3 Å². The second kappa shape index (κ2) is 7.12. The number of esters is 1. The van der Waals surface area contributed by atoms with Crippen LogP contribution in [0.4, 0.5) is 0 Å². The molecule has 0 aromatic heterocycles. The van der Waals surface area contributed by atoms with E-state index in [1.807, 2.05) is 6.92 Å². The first-order valence-electron chi connectivity index (χ1n) is 4.13. The molecular weight excluding hydrogens is 194 g/mol. The lowest BCUT2D eigenvalue weighted by atomic mass is 10.2. The smallest absolute Gasteiger partial charge is 0.325 e. The third-order valence-electron chi connectivity index (χ3n) is 1.68. The van der Waals surface area contributed by atoms with Gasteiger partial charge in [0.25, 0.3) is 0 Å². The fourth-order valence-electron chi connectivity index (χ4n) is 0.557. The molecule has 0 saturated heterocycles. The first-order valence-corrected chi connectivity index (χ1v) is 4.13. The lowest BCUT2D eigenvalue weighted by Gasteiger charge is -2.16. The number of carbonyl (C=O) groups is 1. The molecule has 0 radical (unpaired) electrons. The molecule has 0 heterocycles. The number of nitrogens with two attached hydrogens (primary N) is 1. The van der Waals surface area contributed by atoms with Gasteiger partial charge in [-0.2, -0.15) is 0 Å². The van der Waals surface area contributed by atoms with Crippen molar-refractivity contribution in [2.75, 3.05) is 0 Å². The minimum absolute atomic E-state index is 0. The fraction of sp³-hybridized carbons (Fsp3) is 0.875. The summed E-state index contributed by atoms with van der Waals surface area (Å²) in [7, 11) is 0. The quantitative estimate of drug-likeness (QED) is 0.663. The Balaban J connectivity index is 0. The van der Waals surface area contributed by atoms with Crippen molar-refractivity contribution < 1.29 is 14.6 Å². The Morgan fingerprint density at radius 1 is 1.54 bits per heavy atom. The third kappa shape index (κ3) is 5.85. The second-order valence-electron chi connectivity index (χ2n) is 2.92. The topological polar surface area (TPSA) is 72.5 Å². The van der Waals surface area contributed by atoms with Crippen LogP contribution in [0.15, 0.2) is 0 Å². The lowest BCUT2D eigenvalue weighted by molar-refractivity contribution is -0.152. The van der Waals surface area contributed by atoms with Gasteiger partial charge >= 0.3 is 5.97 Å². The molecule has 0 aliphatic heterocycles. The predicted octanol–water partition coefficient (Wildman–Crippen LogP) is 0.458. The molecule has 0 spiro atoms. The Kier molecular flexibility index (Phi) is 8.30. The van der Waals surface area contributed by atoms with E-state index in [-0.39, 0.29) is 18.5 Å². The Labute approximate surface area is 84.9 Å². The average molecular weight is 212 g/mol. The molecule has 0 amide bonds. The number of halogens is 1. The Morgan fingerprint density at radius 2 is 2.00 bits per heavy atom. The van der Waals surface area contributed by atoms with Crippen LogP contribution in [-0.2, 0) is 9.53 Å². The van der Waals surface area contributed by atoms with Crippen molar-refractivity contribution in [3.8, 4) is 0 Å². The highest BCUT2D eigenvalue weighted by atomic mass is 35.5. The van der Waals surface area contributed by atoms with Crippen LogP contribution in [0, 0.1) is 0 Å². The van der Waals surface area contributed by atoms with E-state index < -0.39 is 18.1 Å². The highest BCUT2D eigenvalue weighted by molar-refractivity contribution is 5.85. The number of aliphatic hydroxyl groups excluding tert-OH is 1. The average Bonchev–Trinajstić information content (AvgIpc) is 2.02. The molecule has 80 valence electrons. The molecule has 2 unspecified atom stereocenters. The maximum Gasteiger partial charge on any atom is 0.325 e. The van der Waals surface area contributed by atoms with Crippen molar-refractivity contribution >= 4 is 18.4 Å². The summed E-state index contributed by atoms with van der Waals surface area (Å²) >= 11 is 0. The Hall–Kier alpha value is -0.320. The van der Waals surface area contributed by atoms with Gasteiger partial charge in [0, 0.05) is 0 Å². The van der Waals surface area contributed by atoms with Crippen molar-refractivity contribution in [2.45, 2.75) is 45.4 Å².